The zero-order chi connectivity index (χ0) is 28.8. The lowest BCUT2D eigenvalue weighted by atomic mass is 9.82. The first kappa shape index (κ1) is 27.4. The predicted molar refractivity (Wildman–Crippen MR) is 165 cm³/mol. The Kier molecular flexibility index (Phi) is 7.28. The topological polar surface area (TPSA) is 76.3 Å². The number of hydrogen-bond acceptors (Lipinski definition) is 5. The molecule has 0 saturated carbocycles. The number of aromatic nitrogens is 3. The smallest absolute Gasteiger partial charge is 0.252 e. The zero-order valence-corrected chi connectivity index (χ0v) is 25.1. The number of rotatable bonds is 11. The molecule has 4 aromatic rings. The van der Waals surface area contributed by atoms with Crippen molar-refractivity contribution in [3.63, 3.8) is 0 Å². The number of nitrogens with one attached hydrogen (secondary N) is 2. The number of unbranched alkanes of at least 4 members (excludes halogenated alkanes) is 1. The summed E-state index contributed by atoms with van der Waals surface area (Å²) in [5, 5.41) is 13.6. The molecule has 8 nitrogen and oxygen atoms in total. The van der Waals surface area contributed by atoms with E-state index in [9.17, 15) is 4.79 Å². The molecule has 8 heteroatoms. The number of amides is 1. The average Bonchev–Trinajstić information content (AvgIpc) is 3.59. The second kappa shape index (κ2) is 10.9. The Hall–Kier alpha value is -3.78. The highest BCUT2D eigenvalue weighted by atomic mass is 16.5. The quantitative estimate of drug-likeness (QED) is 0.255. The van der Waals surface area contributed by atoms with Crippen LogP contribution in [-0.4, -0.2) is 58.9 Å². The van der Waals surface area contributed by atoms with Gasteiger partial charge in [-0.1, -0.05) is 20.4 Å². The van der Waals surface area contributed by atoms with E-state index in [4.69, 9.17) is 9.84 Å². The molecule has 0 saturated heterocycles. The summed E-state index contributed by atoms with van der Waals surface area (Å²) < 4.78 is 10.6. The average molecular weight is 555 g/mol. The molecule has 2 aromatic carbocycles. The minimum atomic E-state index is 0.0139. The molecule has 2 aromatic heterocycles. The van der Waals surface area contributed by atoms with Gasteiger partial charge in [0.25, 0.3) is 5.91 Å². The van der Waals surface area contributed by atoms with Gasteiger partial charge in [-0.15, -0.1) is 0 Å². The van der Waals surface area contributed by atoms with Crippen molar-refractivity contribution in [2.45, 2.75) is 52.6 Å². The summed E-state index contributed by atoms with van der Waals surface area (Å²) in [4.78, 5) is 15.5. The van der Waals surface area contributed by atoms with Crippen molar-refractivity contribution in [2.24, 2.45) is 13.0 Å². The lowest BCUT2D eigenvalue weighted by molar-refractivity contribution is 0.0966. The number of nitrogens with zero attached hydrogens (tertiary/aromatic N) is 4. The number of hydrogen-bond donors (Lipinski definition) is 2. The van der Waals surface area contributed by atoms with E-state index in [0.29, 0.717) is 19.1 Å². The molecule has 41 heavy (non-hydrogen) atoms. The predicted octanol–water partition coefficient (Wildman–Crippen LogP) is 5.02. The third-order valence-electron chi connectivity index (χ3n) is 8.28. The van der Waals surface area contributed by atoms with Crippen LogP contribution in [-0.2, 0) is 33.0 Å². The van der Waals surface area contributed by atoms with Crippen LogP contribution in [0, 0.1) is 5.92 Å². The van der Waals surface area contributed by atoms with Crippen LogP contribution < -0.4 is 15.4 Å². The number of carbonyl (C=O) groups is 1. The highest BCUT2D eigenvalue weighted by Crippen LogP contribution is 2.47. The zero-order valence-electron chi connectivity index (χ0n) is 25.1. The molecule has 1 amide bonds. The Labute approximate surface area is 242 Å². The van der Waals surface area contributed by atoms with Crippen LogP contribution in [0.4, 0.5) is 0 Å². The number of aryl methyl sites for hydroxylation is 3. The largest absolute Gasteiger partial charge is 0.487 e. The van der Waals surface area contributed by atoms with Crippen molar-refractivity contribution in [3.05, 3.63) is 59.1 Å². The fourth-order valence-corrected chi connectivity index (χ4v) is 6.58. The first-order valence-electron chi connectivity index (χ1n) is 14.9. The minimum absolute atomic E-state index is 0.0139. The SMILES string of the molecule is C=C(COc1ccc2c(c1)c1c3c(c4c(c1n2CC(C)C)CCc1nn(C)cc1-4)C(=O)NC3)NCCCCN(C)C. The van der Waals surface area contributed by atoms with Gasteiger partial charge in [0.1, 0.15) is 12.4 Å². The lowest BCUT2D eigenvalue weighted by Gasteiger charge is -2.22. The van der Waals surface area contributed by atoms with Gasteiger partial charge < -0.3 is 24.8 Å². The summed E-state index contributed by atoms with van der Waals surface area (Å²) in [7, 11) is 6.17. The first-order valence-corrected chi connectivity index (χ1v) is 14.9. The van der Waals surface area contributed by atoms with Gasteiger partial charge in [-0.2, -0.15) is 5.10 Å². The monoisotopic (exact) mass is 554 g/mol. The van der Waals surface area contributed by atoms with E-state index in [0.717, 1.165) is 90.1 Å². The number of fused-ring (bicyclic) bond motifs is 10. The van der Waals surface area contributed by atoms with E-state index in [1.54, 1.807) is 0 Å². The molecule has 0 fully saturated rings. The van der Waals surface area contributed by atoms with Gasteiger partial charge in [-0.3, -0.25) is 9.48 Å². The summed E-state index contributed by atoms with van der Waals surface area (Å²) >= 11 is 0. The normalized spacial score (nSPS) is 14.1. The van der Waals surface area contributed by atoms with Crippen molar-refractivity contribution in [3.8, 4) is 16.9 Å². The van der Waals surface area contributed by atoms with Crippen LogP contribution in [0.25, 0.3) is 32.9 Å². The Bertz CT molecular complexity index is 1660. The second-order valence-electron chi connectivity index (χ2n) is 12.3. The molecule has 0 atom stereocenters. The van der Waals surface area contributed by atoms with Gasteiger partial charge in [-0.25, -0.2) is 0 Å². The molecule has 6 rings (SSSR count). The molecule has 2 N–H and O–H groups in total. The first-order chi connectivity index (χ1) is 19.7. The third kappa shape index (κ3) is 4.99. The molecule has 0 spiro atoms. The minimum Gasteiger partial charge on any atom is -0.487 e. The van der Waals surface area contributed by atoms with E-state index in [1.165, 1.54) is 22.0 Å². The van der Waals surface area contributed by atoms with Gasteiger partial charge in [-0.05, 0) is 81.6 Å². The Morgan fingerprint density at radius 3 is 2.80 bits per heavy atom. The summed E-state index contributed by atoms with van der Waals surface area (Å²) in [6.45, 7) is 12.5. The Morgan fingerprint density at radius 1 is 1.20 bits per heavy atom. The fourth-order valence-electron chi connectivity index (χ4n) is 6.58. The van der Waals surface area contributed by atoms with Crippen molar-refractivity contribution < 1.29 is 9.53 Å². The van der Waals surface area contributed by atoms with Gasteiger partial charge in [0, 0.05) is 66.0 Å². The third-order valence-corrected chi connectivity index (χ3v) is 8.28. The Balaban J connectivity index is 1.40. The summed E-state index contributed by atoms with van der Waals surface area (Å²) in [5.74, 6) is 1.30. The van der Waals surface area contributed by atoms with Crippen molar-refractivity contribution in [2.75, 3.05) is 33.8 Å². The Morgan fingerprint density at radius 2 is 2.02 bits per heavy atom. The molecule has 0 unspecified atom stereocenters. The molecule has 1 aliphatic carbocycles. The summed E-state index contributed by atoms with van der Waals surface area (Å²) in [5.41, 5.74) is 9.76. The number of ether oxygens (including phenoxy) is 1. The molecular formula is C33H42N6O2. The van der Waals surface area contributed by atoms with Crippen LogP contribution in [0.5, 0.6) is 5.75 Å². The van der Waals surface area contributed by atoms with Gasteiger partial charge >= 0.3 is 0 Å². The highest BCUT2D eigenvalue weighted by Gasteiger charge is 2.35. The van der Waals surface area contributed by atoms with Gasteiger partial charge in [0.05, 0.1) is 16.8 Å². The lowest BCUT2D eigenvalue weighted by Crippen LogP contribution is -2.20. The van der Waals surface area contributed by atoms with Crippen LogP contribution in [0.1, 0.15) is 53.9 Å². The van der Waals surface area contributed by atoms with E-state index >= 15 is 0 Å². The van der Waals surface area contributed by atoms with Crippen LogP contribution in [0.2, 0.25) is 0 Å². The van der Waals surface area contributed by atoms with E-state index in [1.807, 2.05) is 11.7 Å². The van der Waals surface area contributed by atoms with E-state index in [-0.39, 0.29) is 5.91 Å². The summed E-state index contributed by atoms with van der Waals surface area (Å²) in [6.07, 6.45) is 6.07. The molecule has 0 radical (unpaired) electrons. The molecule has 1 aliphatic heterocycles. The maximum Gasteiger partial charge on any atom is 0.252 e. The molecule has 3 heterocycles. The van der Waals surface area contributed by atoms with Crippen LogP contribution >= 0.6 is 0 Å². The fraction of sp³-hybridized carbons (Fsp3) is 0.455. The molecule has 2 aliphatic rings. The van der Waals surface area contributed by atoms with Crippen molar-refractivity contribution in [1.82, 2.24) is 29.9 Å². The van der Waals surface area contributed by atoms with E-state index in [2.05, 4.69) is 79.0 Å². The highest BCUT2D eigenvalue weighted by molar-refractivity contribution is 6.19. The van der Waals surface area contributed by atoms with Crippen molar-refractivity contribution in [1.29, 1.82) is 0 Å². The molecule has 0 bridgehead atoms. The number of carbonyl (C=O) groups excluding carboxylic acids is 1. The van der Waals surface area contributed by atoms with Gasteiger partial charge in [0.15, 0.2) is 0 Å². The second-order valence-corrected chi connectivity index (χ2v) is 12.3. The van der Waals surface area contributed by atoms with Crippen molar-refractivity contribution >= 4 is 27.7 Å². The maximum absolute atomic E-state index is 13.3. The maximum atomic E-state index is 13.3. The standard InChI is InChI=1S/C33H42N6O2/c1-20(2)17-39-28-12-9-22(41-19-21(3)34-13-7-8-14-37(4)5)15-24(28)30-25-16-35-33(40)31(25)29-23(32(30)39)10-11-27-26(29)18-38(6)36-27/h9,12,15,18,20,34H,3,7-8,10-11,13-14,16-17,19H2,1-2,4-6H3,(H,35,40). The summed E-state index contributed by atoms with van der Waals surface area (Å²) in [6, 6.07) is 6.41. The molecular weight excluding hydrogens is 512 g/mol. The van der Waals surface area contributed by atoms with Gasteiger partial charge in [0.2, 0.25) is 0 Å². The van der Waals surface area contributed by atoms with E-state index < -0.39 is 0 Å². The van der Waals surface area contributed by atoms with Crippen LogP contribution in [0.3, 0.4) is 0 Å². The molecule has 216 valence electrons. The van der Waals surface area contributed by atoms with Crippen LogP contribution in [0.15, 0.2) is 36.7 Å². The number of benzene rings is 2.